The number of thioether (sulfide) groups is 1. The fourth-order valence-corrected chi connectivity index (χ4v) is 4.51. The van der Waals surface area contributed by atoms with Gasteiger partial charge in [-0.15, -0.1) is 11.8 Å². The van der Waals surface area contributed by atoms with Crippen molar-refractivity contribution < 1.29 is 0 Å². The predicted molar refractivity (Wildman–Crippen MR) is 129 cm³/mol. The Balaban J connectivity index is 1.76. The highest BCUT2D eigenvalue weighted by Gasteiger charge is 2.18. The van der Waals surface area contributed by atoms with E-state index in [9.17, 15) is 9.59 Å². The van der Waals surface area contributed by atoms with Gasteiger partial charge in [-0.3, -0.25) is 9.36 Å². The van der Waals surface area contributed by atoms with Gasteiger partial charge in [0.15, 0.2) is 5.65 Å². The summed E-state index contributed by atoms with van der Waals surface area (Å²) in [5.41, 5.74) is 1.21. The van der Waals surface area contributed by atoms with Crippen molar-refractivity contribution in [1.82, 2.24) is 19.1 Å². The molecule has 6 nitrogen and oxygen atoms in total. The van der Waals surface area contributed by atoms with Gasteiger partial charge in [0.1, 0.15) is 11.3 Å². The molecule has 0 spiro atoms. The molecule has 0 saturated carbocycles. The molecule has 2 aromatic carbocycles. The summed E-state index contributed by atoms with van der Waals surface area (Å²) in [6.07, 6.45) is 0.552. The van der Waals surface area contributed by atoms with E-state index in [0.29, 0.717) is 30.0 Å². The number of halogens is 1. The van der Waals surface area contributed by atoms with Gasteiger partial charge in [0.2, 0.25) is 0 Å². The number of nitrogens with one attached hydrogen (secondary N) is 1. The molecule has 2 heterocycles. The monoisotopic (exact) mass is 498 g/mol. The molecule has 4 rings (SSSR count). The lowest BCUT2D eigenvalue weighted by Gasteiger charge is -2.12. The smallest absolute Gasteiger partial charge is 0.333 e. The lowest BCUT2D eigenvalue weighted by atomic mass is 10.1. The Kier molecular flexibility index (Phi) is 6.48. The van der Waals surface area contributed by atoms with E-state index >= 15 is 0 Å². The minimum atomic E-state index is -0.335. The maximum atomic E-state index is 13.2. The Morgan fingerprint density at radius 3 is 2.42 bits per heavy atom. The maximum Gasteiger partial charge on any atom is 0.333 e. The van der Waals surface area contributed by atoms with Crippen LogP contribution in [-0.2, 0) is 18.8 Å². The fourth-order valence-electron chi connectivity index (χ4n) is 3.39. The van der Waals surface area contributed by atoms with Gasteiger partial charge < -0.3 is 4.98 Å². The third-order valence-electron chi connectivity index (χ3n) is 4.85. The first-order valence-corrected chi connectivity index (χ1v) is 11.8. The highest BCUT2D eigenvalue weighted by molar-refractivity contribution is 9.10. The number of imidazole rings is 1. The van der Waals surface area contributed by atoms with Crippen molar-refractivity contribution in [3.05, 3.63) is 91.3 Å². The van der Waals surface area contributed by atoms with E-state index in [1.54, 1.807) is 4.57 Å². The quantitative estimate of drug-likeness (QED) is 0.376. The molecule has 160 valence electrons. The summed E-state index contributed by atoms with van der Waals surface area (Å²) in [7, 11) is 0. The third-order valence-corrected chi connectivity index (χ3v) is 6.37. The van der Waals surface area contributed by atoms with Gasteiger partial charge in [-0.1, -0.05) is 60.1 Å². The average Bonchev–Trinajstić information content (AvgIpc) is 3.17. The number of aromatic nitrogens is 4. The zero-order valence-corrected chi connectivity index (χ0v) is 19.7. The van der Waals surface area contributed by atoms with Crippen LogP contribution in [0.3, 0.4) is 0 Å². The number of rotatable bonds is 7. The zero-order chi connectivity index (χ0) is 22.0. The van der Waals surface area contributed by atoms with Crippen LogP contribution < -0.4 is 11.2 Å². The van der Waals surface area contributed by atoms with Crippen LogP contribution in [0.4, 0.5) is 0 Å². The highest BCUT2D eigenvalue weighted by Crippen LogP contribution is 2.19. The average molecular weight is 499 g/mol. The molecule has 0 atom stereocenters. The molecule has 0 amide bonds. The van der Waals surface area contributed by atoms with Gasteiger partial charge in [0.25, 0.3) is 5.56 Å². The molecule has 0 unspecified atom stereocenters. The first kappa shape index (κ1) is 21.6. The van der Waals surface area contributed by atoms with Crippen molar-refractivity contribution in [2.45, 2.75) is 37.6 Å². The van der Waals surface area contributed by atoms with E-state index in [-0.39, 0.29) is 23.0 Å². The van der Waals surface area contributed by atoms with Crippen LogP contribution in [0.15, 0.2) is 73.6 Å². The molecule has 0 aliphatic heterocycles. The first-order valence-electron chi connectivity index (χ1n) is 10.1. The number of H-pyrrole nitrogens is 1. The molecule has 0 radical (unpaired) electrons. The Bertz CT molecular complexity index is 1310. The lowest BCUT2D eigenvalue weighted by molar-refractivity contribution is 0.499. The Morgan fingerprint density at radius 2 is 1.74 bits per heavy atom. The van der Waals surface area contributed by atoms with Crippen molar-refractivity contribution in [1.29, 1.82) is 0 Å². The molecular weight excluding hydrogens is 476 g/mol. The Labute approximate surface area is 192 Å². The summed E-state index contributed by atoms with van der Waals surface area (Å²) >= 11 is 4.90. The van der Waals surface area contributed by atoms with E-state index in [1.807, 2.05) is 68.4 Å². The van der Waals surface area contributed by atoms with Crippen LogP contribution in [0.25, 0.3) is 11.2 Å². The summed E-state index contributed by atoms with van der Waals surface area (Å²) < 4.78 is 3.92. The van der Waals surface area contributed by atoms with Crippen molar-refractivity contribution in [3.63, 3.8) is 0 Å². The maximum absolute atomic E-state index is 13.2. The molecule has 1 N–H and O–H groups in total. The second kappa shape index (κ2) is 9.28. The molecule has 8 heteroatoms. The van der Waals surface area contributed by atoms with Gasteiger partial charge in [-0.2, -0.15) is 0 Å². The number of nitrogens with zero attached hydrogens (tertiary/aromatic N) is 3. The summed E-state index contributed by atoms with van der Waals surface area (Å²) in [6, 6.07) is 17.7. The minimum Gasteiger partial charge on any atom is -0.336 e. The van der Waals surface area contributed by atoms with Gasteiger partial charge in [-0.05, 0) is 35.7 Å². The number of aromatic amines is 1. The minimum absolute atomic E-state index is 0.236. The SMILES string of the molecule is CC(C)Cn1c(=O)n(CSc2ccccc2)c(=O)c2[nH]c(Cc3ccc(Br)cc3)nc21. The van der Waals surface area contributed by atoms with Crippen LogP contribution in [0, 0.1) is 5.92 Å². The van der Waals surface area contributed by atoms with Crippen molar-refractivity contribution in [2.24, 2.45) is 5.92 Å². The second-order valence-electron chi connectivity index (χ2n) is 7.79. The van der Waals surface area contributed by atoms with E-state index in [4.69, 9.17) is 0 Å². The molecule has 0 fully saturated rings. The Morgan fingerprint density at radius 1 is 1.03 bits per heavy atom. The van der Waals surface area contributed by atoms with Gasteiger partial charge in [0.05, 0.1) is 5.88 Å². The summed E-state index contributed by atoms with van der Waals surface area (Å²) in [6.45, 7) is 4.58. The molecule has 4 aromatic rings. The number of fused-ring (bicyclic) bond motifs is 1. The highest BCUT2D eigenvalue weighted by atomic mass is 79.9. The predicted octanol–water partition coefficient (Wildman–Crippen LogP) is 4.65. The van der Waals surface area contributed by atoms with E-state index in [2.05, 4.69) is 25.9 Å². The zero-order valence-electron chi connectivity index (χ0n) is 17.3. The number of hydrogen-bond acceptors (Lipinski definition) is 4. The summed E-state index contributed by atoms with van der Waals surface area (Å²) in [5.74, 6) is 1.15. The van der Waals surface area contributed by atoms with Gasteiger partial charge >= 0.3 is 5.69 Å². The van der Waals surface area contributed by atoms with E-state index < -0.39 is 0 Å². The van der Waals surface area contributed by atoms with Crippen LogP contribution >= 0.6 is 27.7 Å². The molecular formula is C23H23BrN4O2S. The number of benzene rings is 2. The fraction of sp³-hybridized carbons (Fsp3) is 0.261. The number of hydrogen-bond donors (Lipinski definition) is 1. The first-order chi connectivity index (χ1) is 14.9. The van der Waals surface area contributed by atoms with Crippen LogP contribution in [0.1, 0.15) is 25.2 Å². The molecule has 0 aliphatic carbocycles. The topological polar surface area (TPSA) is 72.7 Å². The van der Waals surface area contributed by atoms with Crippen LogP contribution in [0.2, 0.25) is 0 Å². The molecule has 0 saturated heterocycles. The van der Waals surface area contributed by atoms with Crippen molar-refractivity contribution >= 4 is 38.9 Å². The normalized spacial score (nSPS) is 11.5. The second-order valence-corrected chi connectivity index (χ2v) is 9.73. The van der Waals surface area contributed by atoms with Crippen molar-refractivity contribution in [2.75, 3.05) is 0 Å². The Hall–Kier alpha value is -2.58. The summed E-state index contributed by atoms with van der Waals surface area (Å²) in [5, 5.41) is 0. The van der Waals surface area contributed by atoms with Crippen LogP contribution in [0.5, 0.6) is 0 Å². The third kappa shape index (κ3) is 4.85. The van der Waals surface area contributed by atoms with Gasteiger partial charge in [0, 0.05) is 22.3 Å². The molecule has 2 aromatic heterocycles. The lowest BCUT2D eigenvalue weighted by Crippen LogP contribution is -2.40. The van der Waals surface area contributed by atoms with Crippen molar-refractivity contribution in [3.8, 4) is 0 Å². The summed E-state index contributed by atoms with van der Waals surface area (Å²) in [4.78, 5) is 35.2. The standard InChI is InChI=1S/C23H23BrN4O2S/c1-15(2)13-27-21-20(25-19(26-21)12-16-8-10-17(24)11-9-16)22(29)28(23(27)30)14-31-18-6-4-3-5-7-18/h3-11,15H,12-14H2,1-2H3,(H,25,26). The van der Waals surface area contributed by atoms with Gasteiger partial charge in [-0.25, -0.2) is 14.3 Å². The molecule has 31 heavy (non-hydrogen) atoms. The largest absolute Gasteiger partial charge is 0.336 e. The molecule has 0 aliphatic rings. The van der Waals surface area contributed by atoms with E-state index in [0.717, 1.165) is 14.9 Å². The van der Waals surface area contributed by atoms with E-state index in [1.165, 1.54) is 16.3 Å². The molecule has 0 bridgehead atoms. The van der Waals surface area contributed by atoms with Crippen LogP contribution in [-0.4, -0.2) is 19.1 Å².